The zero-order valence-electron chi connectivity index (χ0n) is 13.4. The zero-order chi connectivity index (χ0) is 16.2. The predicted octanol–water partition coefficient (Wildman–Crippen LogP) is 3.57. The molecule has 1 aliphatic rings. The molecule has 0 spiro atoms. The molecular formula is C17H25NO3S. The topological polar surface area (TPSA) is 66.4 Å². The largest absolute Gasteiger partial charge is 0.481 e. The molecule has 0 aliphatic heterocycles. The van der Waals surface area contributed by atoms with Crippen molar-refractivity contribution in [3.63, 3.8) is 0 Å². The number of hydrogen-bond acceptors (Lipinski definition) is 3. The van der Waals surface area contributed by atoms with Gasteiger partial charge in [0.1, 0.15) is 0 Å². The Bertz CT molecular complexity index is 516. The lowest BCUT2D eigenvalue weighted by molar-refractivity contribution is -0.147. The summed E-state index contributed by atoms with van der Waals surface area (Å²) in [6.07, 6.45) is 5.56. The van der Waals surface area contributed by atoms with Gasteiger partial charge in [0.15, 0.2) is 0 Å². The Morgan fingerprint density at radius 3 is 2.55 bits per heavy atom. The van der Waals surface area contributed by atoms with E-state index in [1.807, 2.05) is 11.4 Å². The van der Waals surface area contributed by atoms with E-state index in [2.05, 4.69) is 11.4 Å². The van der Waals surface area contributed by atoms with Gasteiger partial charge in [-0.1, -0.05) is 25.3 Å². The molecule has 0 radical (unpaired) electrons. The van der Waals surface area contributed by atoms with Crippen LogP contribution in [0.4, 0.5) is 0 Å². The van der Waals surface area contributed by atoms with Crippen molar-refractivity contribution in [1.29, 1.82) is 0 Å². The summed E-state index contributed by atoms with van der Waals surface area (Å²) in [6, 6.07) is 4.05. The van der Waals surface area contributed by atoms with Crippen LogP contribution in [-0.4, -0.2) is 23.5 Å². The van der Waals surface area contributed by atoms with Crippen molar-refractivity contribution in [2.75, 3.05) is 6.54 Å². The van der Waals surface area contributed by atoms with E-state index in [9.17, 15) is 9.59 Å². The number of thiophene rings is 1. The summed E-state index contributed by atoms with van der Waals surface area (Å²) in [5.41, 5.74) is -1.21. The zero-order valence-corrected chi connectivity index (χ0v) is 14.2. The maximum atomic E-state index is 12.8. The Kier molecular flexibility index (Phi) is 5.27. The van der Waals surface area contributed by atoms with Gasteiger partial charge in [0.25, 0.3) is 0 Å². The normalized spacial score (nSPS) is 17.9. The number of carbonyl (C=O) groups excluding carboxylic acids is 1. The SMILES string of the molecule is CC(C)(CCNC(=O)C1(c2cccs2)CCCCC1)C(=O)O. The summed E-state index contributed by atoms with van der Waals surface area (Å²) in [5, 5.41) is 14.2. The molecule has 1 fully saturated rings. The molecule has 1 aromatic rings. The van der Waals surface area contributed by atoms with Gasteiger partial charge in [-0.05, 0) is 44.6 Å². The van der Waals surface area contributed by atoms with Gasteiger partial charge in [-0.25, -0.2) is 0 Å². The molecule has 122 valence electrons. The molecule has 1 aromatic heterocycles. The predicted molar refractivity (Wildman–Crippen MR) is 88.1 cm³/mol. The Morgan fingerprint density at radius 2 is 2.00 bits per heavy atom. The van der Waals surface area contributed by atoms with E-state index in [-0.39, 0.29) is 5.91 Å². The number of carboxylic acid groups (broad SMARTS) is 1. The average Bonchev–Trinajstić information content (AvgIpc) is 3.02. The Labute approximate surface area is 135 Å². The first-order valence-electron chi connectivity index (χ1n) is 7.94. The number of nitrogens with one attached hydrogen (secondary N) is 1. The fraction of sp³-hybridized carbons (Fsp3) is 0.647. The molecule has 0 unspecified atom stereocenters. The molecule has 5 heteroatoms. The third-order valence-corrected chi connectivity index (χ3v) is 5.82. The highest BCUT2D eigenvalue weighted by Crippen LogP contribution is 2.41. The third kappa shape index (κ3) is 3.51. The Hall–Kier alpha value is -1.36. The number of carbonyl (C=O) groups is 2. The van der Waals surface area contributed by atoms with Crippen LogP contribution in [0.15, 0.2) is 17.5 Å². The van der Waals surface area contributed by atoms with Crippen molar-refractivity contribution in [1.82, 2.24) is 5.32 Å². The number of rotatable bonds is 6. The van der Waals surface area contributed by atoms with E-state index in [0.29, 0.717) is 13.0 Å². The quantitative estimate of drug-likeness (QED) is 0.841. The third-order valence-electron chi connectivity index (χ3n) is 4.75. The van der Waals surface area contributed by atoms with E-state index < -0.39 is 16.8 Å². The molecule has 1 saturated carbocycles. The summed E-state index contributed by atoms with van der Waals surface area (Å²) in [4.78, 5) is 25.1. The number of carboxylic acids is 1. The average molecular weight is 323 g/mol. The monoisotopic (exact) mass is 323 g/mol. The second-order valence-corrected chi connectivity index (χ2v) is 7.76. The Balaban J connectivity index is 2.03. The van der Waals surface area contributed by atoms with Crippen molar-refractivity contribution in [2.45, 2.75) is 57.8 Å². The highest BCUT2D eigenvalue weighted by atomic mass is 32.1. The molecule has 4 nitrogen and oxygen atoms in total. The molecule has 1 aliphatic carbocycles. The minimum Gasteiger partial charge on any atom is -0.481 e. The second kappa shape index (κ2) is 6.82. The lowest BCUT2D eigenvalue weighted by Gasteiger charge is -2.35. The van der Waals surface area contributed by atoms with E-state index in [1.165, 1.54) is 6.42 Å². The minimum atomic E-state index is -0.826. The maximum absolute atomic E-state index is 12.8. The number of aliphatic carboxylic acids is 1. The van der Waals surface area contributed by atoms with Crippen LogP contribution in [0.1, 0.15) is 57.2 Å². The molecule has 0 bridgehead atoms. The van der Waals surface area contributed by atoms with Gasteiger partial charge in [-0.2, -0.15) is 0 Å². The molecular weight excluding hydrogens is 298 g/mol. The molecule has 22 heavy (non-hydrogen) atoms. The highest BCUT2D eigenvalue weighted by Gasteiger charge is 2.42. The van der Waals surface area contributed by atoms with Gasteiger partial charge in [0, 0.05) is 11.4 Å². The smallest absolute Gasteiger partial charge is 0.309 e. The Morgan fingerprint density at radius 1 is 1.32 bits per heavy atom. The first-order valence-corrected chi connectivity index (χ1v) is 8.82. The first kappa shape index (κ1) is 17.0. The van der Waals surface area contributed by atoms with Gasteiger partial charge in [0.2, 0.25) is 5.91 Å². The molecule has 2 rings (SSSR count). The molecule has 1 amide bonds. The van der Waals surface area contributed by atoms with Crippen LogP contribution in [0.25, 0.3) is 0 Å². The van der Waals surface area contributed by atoms with Crippen LogP contribution >= 0.6 is 11.3 Å². The molecule has 0 atom stereocenters. The summed E-state index contributed by atoms with van der Waals surface area (Å²) < 4.78 is 0. The van der Waals surface area contributed by atoms with Crippen molar-refractivity contribution >= 4 is 23.2 Å². The van der Waals surface area contributed by atoms with Gasteiger partial charge in [-0.15, -0.1) is 11.3 Å². The lowest BCUT2D eigenvalue weighted by Crippen LogP contribution is -2.46. The van der Waals surface area contributed by atoms with Crippen molar-refractivity contribution in [2.24, 2.45) is 5.41 Å². The maximum Gasteiger partial charge on any atom is 0.309 e. The fourth-order valence-electron chi connectivity index (χ4n) is 3.06. The van der Waals surface area contributed by atoms with E-state index in [1.54, 1.807) is 25.2 Å². The van der Waals surface area contributed by atoms with Crippen LogP contribution in [-0.2, 0) is 15.0 Å². The molecule has 0 aromatic carbocycles. The standard InChI is InChI=1S/C17H25NO3S/c1-16(2,15(20)21)10-11-18-14(19)17(8-4-3-5-9-17)13-7-6-12-22-13/h6-7,12H,3-5,8-11H2,1-2H3,(H,18,19)(H,20,21). The van der Waals surface area contributed by atoms with Crippen LogP contribution in [0.5, 0.6) is 0 Å². The van der Waals surface area contributed by atoms with Gasteiger partial charge < -0.3 is 10.4 Å². The van der Waals surface area contributed by atoms with Gasteiger partial charge in [0.05, 0.1) is 10.8 Å². The molecule has 2 N–H and O–H groups in total. The second-order valence-electron chi connectivity index (χ2n) is 6.82. The summed E-state index contributed by atoms with van der Waals surface area (Å²) in [7, 11) is 0. The summed E-state index contributed by atoms with van der Waals surface area (Å²) in [5.74, 6) is -0.761. The van der Waals surface area contributed by atoms with E-state index in [4.69, 9.17) is 5.11 Å². The van der Waals surface area contributed by atoms with Gasteiger partial charge in [-0.3, -0.25) is 9.59 Å². The minimum absolute atomic E-state index is 0.0656. The van der Waals surface area contributed by atoms with E-state index >= 15 is 0 Å². The van der Waals surface area contributed by atoms with Crippen LogP contribution in [0.2, 0.25) is 0 Å². The highest BCUT2D eigenvalue weighted by molar-refractivity contribution is 7.10. The number of hydrogen-bond donors (Lipinski definition) is 2. The van der Waals surface area contributed by atoms with E-state index in [0.717, 1.165) is 30.6 Å². The van der Waals surface area contributed by atoms with Crippen LogP contribution < -0.4 is 5.32 Å². The van der Waals surface area contributed by atoms with Crippen molar-refractivity contribution < 1.29 is 14.7 Å². The van der Waals surface area contributed by atoms with Gasteiger partial charge >= 0.3 is 5.97 Å². The van der Waals surface area contributed by atoms with Crippen molar-refractivity contribution in [3.05, 3.63) is 22.4 Å². The summed E-state index contributed by atoms with van der Waals surface area (Å²) >= 11 is 1.65. The lowest BCUT2D eigenvalue weighted by atomic mass is 9.72. The van der Waals surface area contributed by atoms with Crippen LogP contribution in [0, 0.1) is 5.41 Å². The number of amides is 1. The van der Waals surface area contributed by atoms with Crippen molar-refractivity contribution in [3.8, 4) is 0 Å². The summed E-state index contributed by atoms with van der Waals surface area (Å²) in [6.45, 7) is 3.79. The first-order chi connectivity index (χ1) is 10.4. The molecule has 1 heterocycles. The molecule has 0 saturated heterocycles. The van der Waals surface area contributed by atoms with Crippen LogP contribution in [0.3, 0.4) is 0 Å². The fourth-order valence-corrected chi connectivity index (χ4v) is 4.04.